The first-order valence-electron chi connectivity index (χ1n) is 7.45. The molecule has 0 spiro atoms. The second kappa shape index (κ2) is 6.25. The summed E-state index contributed by atoms with van der Waals surface area (Å²) >= 11 is 8.17. The third-order valence-corrected chi connectivity index (χ3v) is 6.85. The van der Waals surface area contributed by atoms with Crippen LogP contribution in [0, 0.1) is 5.82 Å². The van der Waals surface area contributed by atoms with Gasteiger partial charge in [0.25, 0.3) is 5.91 Å². The number of fused-ring (bicyclic) bond motifs is 1. The second-order valence-electron chi connectivity index (χ2n) is 6.37. The third-order valence-electron chi connectivity index (χ3n) is 4.42. The van der Waals surface area contributed by atoms with E-state index in [0.717, 1.165) is 5.56 Å². The van der Waals surface area contributed by atoms with Gasteiger partial charge in [0.1, 0.15) is 5.82 Å². The maximum Gasteiger partial charge on any atom is 0.335 e. The van der Waals surface area contributed by atoms with Crippen LogP contribution in [0.5, 0.6) is 0 Å². The van der Waals surface area contributed by atoms with Gasteiger partial charge >= 0.3 is 5.97 Å². The van der Waals surface area contributed by atoms with Crippen LogP contribution in [0.4, 0.5) is 10.1 Å². The first-order chi connectivity index (χ1) is 11.7. The Hall–Kier alpha value is -1.67. The molecule has 1 heterocycles. The van der Waals surface area contributed by atoms with Gasteiger partial charge in [-0.05, 0) is 29.8 Å². The molecule has 0 aliphatic carbocycles. The maximum atomic E-state index is 14.2. The highest BCUT2D eigenvalue weighted by atomic mass is 127. The molecule has 1 N–H and O–H groups in total. The number of rotatable bonds is 2. The molecule has 2 aromatic rings. The van der Waals surface area contributed by atoms with E-state index in [-0.39, 0.29) is 20.2 Å². The Morgan fingerprint density at radius 3 is 2.56 bits per heavy atom. The van der Waals surface area contributed by atoms with Crippen LogP contribution < -0.4 is 4.90 Å². The summed E-state index contributed by atoms with van der Waals surface area (Å²) in [5.74, 6) is -2.38. The van der Waals surface area contributed by atoms with E-state index >= 15 is 0 Å². The average Bonchev–Trinajstić information content (AvgIpc) is 2.73. The molecular weight excluding hydrogens is 460 g/mol. The van der Waals surface area contributed by atoms with Gasteiger partial charge in [0.2, 0.25) is 0 Å². The minimum Gasteiger partial charge on any atom is -0.478 e. The van der Waals surface area contributed by atoms with Crippen LogP contribution >= 0.6 is 34.2 Å². The van der Waals surface area contributed by atoms with Gasteiger partial charge in [0.15, 0.2) is 0 Å². The number of nitrogens with zero attached hydrogens (tertiary/aromatic N) is 1. The molecule has 1 aliphatic rings. The minimum absolute atomic E-state index is 0.0224. The van der Waals surface area contributed by atoms with Gasteiger partial charge in [-0.1, -0.05) is 60.2 Å². The topological polar surface area (TPSA) is 57.6 Å². The average molecular weight is 474 g/mol. The van der Waals surface area contributed by atoms with Gasteiger partial charge in [-0.25, -0.2) is 9.18 Å². The van der Waals surface area contributed by atoms with E-state index in [0.29, 0.717) is 5.69 Å². The van der Waals surface area contributed by atoms with Crippen molar-refractivity contribution in [1.82, 2.24) is 0 Å². The summed E-state index contributed by atoms with van der Waals surface area (Å²) in [7, 11) is 0. The highest BCUT2D eigenvalue weighted by molar-refractivity contribution is 14.1. The summed E-state index contributed by atoms with van der Waals surface area (Å²) in [6, 6.07) is 8.73. The molecule has 0 fully saturated rings. The number of hydrogen-bond acceptors (Lipinski definition) is 2. The Balaban J connectivity index is 2.19. The molecule has 0 bridgehead atoms. The smallest absolute Gasteiger partial charge is 0.335 e. The predicted molar refractivity (Wildman–Crippen MR) is 102 cm³/mol. The lowest BCUT2D eigenvalue weighted by molar-refractivity contribution is 0.0696. The van der Waals surface area contributed by atoms with Gasteiger partial charge in [-0.2, -0.15) is 0 Å². The largest absolute Gasteiger partial charge is 0.478 e. The fraction of sp³-hybridized carbons (Fsp3) is 0.222. The monoisotopic (exact) mass is 473 g/mol. The summed E-state index contributed by atoms with van der Waals surface area (Å²) in [6.45, 7) is 3.92. The van der Waals surface area contributed by atoms with Crippen molar-refractivity contribution in [2.45, 2.75) is 23.3 Å². The molecule has 0 saturated heterocycles. The van der Waals surface area contributed by atoms with E-state index in [1.165, 1.54) is 35.2 Å². The molecule has 2 aromatic carbocycles. The number of alkyl halides is 1. The van der Waals surface area contributed by atoms with Gasteiger partial charge < -0.3 is 5.11 Å². The number of carbonyl (C=O) groups is 2. The van der Waals surface area contributed by atoms with Crippen LogP contribution in [0.25, 0.3) is 0 Å². The van der Waals surface area contributed by atoms with Crippen molar-refractivity contribution in [1.29, 1.82) is 0 Å². The van der Waals surface area contributed by atoms with Crippen molar-refractivity contribution < 1.29 is 19.1 Å². The van der Waals surface area contributed by atoms with E-state index in [1.54, 1.807) is 6.07 Å². The molecule has 7 heteroatoms. The lowest BCUT2D eigenvalue weighted by atomic mass is 9.86. The van der Waals surface area contributed by atoms with Crippen LogP contribution in [0.3, 0.4) is 0 Å². The molecule has 4 nitrogen and oxygen atoms in total. The number of carboxylic acid groups (broad SMARTS) is 1. The number of carbonyl (C=O) groups excluding carboxylic acids is 1. The van der Waals surface area contributed by atoms with Gasteiger partial charge in [-0.15, -0.1) is 0 Å². The molecule has 1 amide bonds. The molecular formula is C18H14ClFINO3. The van der Waals surface area contributed by atoms with E-state index in [2.05, 4.69) is 22.6 Å². The number of benzene rings is 2. The number of carboxylic acids is 1. The molecule has 0 saturated carbocycles. The molecule has 130 valence electrons. The Labute approximate surface area is 162 Å². The summed E-state index contributed by atoms with van der Waals surface area (Å²) < 4.78 is 13.9. The molecule has 1 unspecified atom stereocenters. The summed E-state index contributed by atoms with van der Waals surface area (Å²) in [5, 5.41) is 9.28. The highest BCUT2D eigenvalue weighted by Gasteiger charge is 2.47. The molecule has 1 atom stereocenters. The Morgan fingerprint density at radius 2 is 1.96 bits per heavy atom. The normalized spacial score (nSPS) is 18.1. The SMILES string of the molecule is CC1(C)c2ccc(C(=O)O)cc2N(C(=O)c2c(F)cccc2Cl)C1I. The zero-order valence-corrected chi connectivity index (χ0v) is 16.3. The van der Waals surface area contributed by atoms with Crippen LogP contribution in [0.15, 0.2) is 36.4 Å². The van der Waals surface area contributed by atoms with Crippen molar-refractivity contribution in [3.05, 3.63) is 63.9 Å². The van der Waals surface area contributed by atoms with Crippen molar-refractivity contribution in [3.8, 4) is 0 Å². The quantitative estimate of drug-likeness (QED) is 0.384. The van der Waals surface area contributed by atoms with Gasteiger partial charge in [0, 0.05) is 11.1 Å². The van der Waals surface area contributed by atoms with Crippen LogP contribution in [-0.4, -0.2) is 21.0 Å². The van der Waals surface area contributed by atoms with Crippen molar-refractivity contribution in [2.24, 2.45) is 0 Å². The standard InChI is InChI=1S/C18H14ClFINO3/c1-18(2)10-7-6-9(16(24)25)8-13(10)22(17(18)21)15(23)14-11(19)4-3-5-12(14)20/h3-8,17H,1-2H3,(H,24,25). The maximum absolute atomic E-state index is 14.2. The summed E-state index contributed by atoms with van der Waals surface area (Å²) in [5.41, 5.74) is 0.722. The zero-order chi connectivity index (χ0) is 18.5. The number of aromatic carboxylic acids is 1. The van der Waals surface area contributed by atoms with E-state index < -0.39 is 23.1 Å². The lowest BCUT2D eigenvalue weighted by Gasteiger charge is -2.28. The van der Waals surface area contributed by atoms with Gasteiger partial charge in [-0.3, -0.25) is 9.69 Å². The number of anilines is 1. The lowest BCUT2D eigenvalue weighted by Crippen LogP contribution is -2.41. The van der Waals surface area contributed by atoms with Crippen molar-refractivity contribution >= 4 is 51.8 Å². The zero-order valence-electron chi connectivity index (χ0n) is 13.4. The molecule has 0 radical (unpaired) electrons. The predicted octanol–water partition coefficient (Wildman–Crippen LogP) is 4.88. The third kappa shape index (κ3) is 2.81. The fourth-order valence-electron chi connectivity index (χ4n) is 3.02. The van der Waals surface area contributed by atoms with Crippen LogP contribution in [-0.2, 0) is 5.41 Å². The van der Waals surface area contributed by atoms with Crippen LogP contribution in [0.2, 0.25) is 5.02 Å². The summed E-state index contributed by atoms with van der Waals surface area (Å²) in [6.07, 6.45) is 0. The number of amides is 1. The first-order valence-corrected chi connectivity index (χ1v) is 9.08. The van der Waals surface area contributed by atoms with E-state index in [4.69, 9.17) is 11.6 Å². The summed E-state index contributed by atoms with van der Waals surface area (Å²) in [4.78, 5) is 25.8. The fourth-order valence-corrected chi connectivity index (χ4v) is 4.15. The second-order valence-corrected chi connectivity index (χ2v) is 7.95. The Morgan fingerprint density at radius 1 is 1.28 bits per heavy atom. The Bertz CT molecular complexity index is 880. The molecule has 1 aliphatic heterocycles. The van der Waals surface area contributed by atoms with Crippen LogP contribution in [0.1, 0.15) is 40.1 Å². The van der Waals surface area contributed by atoms with E-state index in [1.807, 2.05) is 13.8 Å². The first kappa shape index (κ1) is 18.1. The van der Waals surface area contributed by atoms with Gasteiger partial charge in [0.05, 0.1) is 20.2 Å². The molecule has 3 rings (SSSR count). The molecule has 25 heavy (non-hydrogen) atoms. The Kier molecular flexibility index (Phi) is 4.53. The molecule has 0 aromatic heterocycles. The van der Waals surface area contributed by atoms with E-state index in [9.17, 15) is 19.1 Å². The number of hydrogen-bond donors (Lipinski definition) is 1. The van der Waals surface area contributed by atoms with Crippen molar-refractivity contribution in [3.63, 3.8) is 0 Å². The minimum atomic E-state index is -1.09. The van der Waals surface area contributed by atoms with Crippen molar-refractivity contribution in [2.75, 3.05) is 4.90 Å². The highest BCUT2D eigenvalue weighted by Crippen LogP contribution is 2.49. The number of halogens is 3.